The van der Waals surface area contributed by atoms with Crippen LogP contribution in [0.4, 0.5) is 0 Å². The average molecular weight is 354 g/mol. The maximum absolute atomic E-state index is 12.9. The van der Waals surface area contributed by atoms with E-state index < -0.39 is 6.04 Å². The number of carbonyl (C=O) groups excluding carboxylic acids is 3. The van der Waals surface area contributed by atoms with E-state index in [1.54, 1.807) is 4.90 Å². The van der Waals surface area contributed by atoms with Gasteiger partial charge in [-0.2, -0.15) is 0 Å². The fourth-order valence-electron chi connectivity index (χ4n) is 4.77. The van der Waals surface area contributed by atoms with Crippen molar-refractivity contribution in [2.45, 2.75) is 50.5 Å². The molecule has 3 amide bonds. The molecule has 4 saturated heterocycles. The molecule has 1 aromatic rings. The van der Waals surface area contributed by atoms with Crippen LogP contribution in [-0.4, -0.2) is 58.7 Å². The van der Waals surface area contributed by atoms with E-state index in [-0.39, 0.29) is 24.1 Å². The van der Waals surface area contributed by atoms with Gasteiger partial charge in [-0.1, -0.05) is 12.1 Å². The smallest absolute Gasteiger partial charge is 0.255 e. The number of hydrogen-bond donors (Lipinski definition) is 2. The molecule has 7 heteroatoms. The van der Waals surface area contributed by atoms with Crippen molar-refractivity contribution in [3.8, 4) is 0 Å². The van der Waals surface area contributed by atoms with Gasteiger partial charge in [0.05, 0.1) is 0 Å². The van der Waals surface area contributed by atoms with Crippen molar-refractivity contribution >= 4 is 17.7 Å². The molecular formula is C19H22N4O3. The Morgan fingerprint density at radius 1 is 1.12 bits per heavy atom. The zero-order chi connectivity index (χ0) is 17.8. The zero-order valence-electron chi connectivity index (χ0n) is 14.5. The molecule has 2 N–H and O–H groups in total. The maximum atomic E-state index is 12.9. The summed E-state index contributed by atoms with van der Waals surface area (Å²) in [5.74, 6) is -0.709. The number of nitrogens with zero attached hydrogens (tertiary/aromatic N) is 2. The molecule has 0 aromatic heterocycles. The summed E-state index contributed by atoms with van der Waals surface area (Å²) in [6.45, 7) is 3.39. The van der Waals surface area contributed by atoms with Gasteiger partial charge in [-0.3, -0.25) is 24.6 Å². The number of imide groups is 1. The van der Waals surface area contributed by atoms with Crippen LogP contribution in [-0.2, 0) is 22.7 Å². The lowest BCUT2D eigenvalue weighted by molar-refractivity contribution is -0.136. The van der Waals surface area contributed by atoms with E-state index in [0.717, 1.165) is 25.2 Å². The number of nitrogens with one attached hydrogen (secondary N) is 2. The Hall–Kier alpha value is -2.25. The fourth-order valence-corrected chi connectivity index (χ4v) is 4.77. The van der Waals surface area contributed by atoms with E-state index in [0.29, 0.717) is 30.6 Å². The largest absolute Gasteiger partial charge is 0.322 e. The lowest BCUT2D eigenvalue weighted by Gasteiger charge is -2.48. The Morgan fingerprint density at radius 2 is 1.88 bits per heavy atom. The maximum Gasteiger partial charge on any atom is 0.255 e. The first-order valence-corrected chi connectivity index (χ1v) is 9.32. The van der Waals surface area contributed by atoms with Crippen LogP contribution in [0.5, 0.6) is 0 Å². The van der Waals surface area contributed by atoms with E-state index in [1.165, 1.54) is 12.0 Å². The highest BCUT2D eigenvalue weighted by Gasteiger charge is 2.40. The van der Waals surface area contributed by atoms with Crippen LogP contribution < -0.4 is 10.6 Å². The molecule has 7 nitrogen and oxygen atoms in total. The van der Waals surface area contributed by atoms with Crippen LogP contribution in [0.25, 0.3) is 0 Å². The quantitative estimate of drug-likeness (QED) is 0.747. The standard InChI is InChI=1S/C19H22N4O3/c24-17-5-4-16(18(25)21-17)23-10-15-11(2-1-3-14(15)19(23)26)7-22-8-12-6-13(9-22)20-12/h1-3,12-13,16,20H,4-10H2,(H,21,24,25). The van der Waals surface area contributed by atoms with Gasteiger partial charge in [0, 0.05) is 50.2 Å². The molecule has 2 bridgehead atoms. The molecule has 5 aliphatic rings. The molecule has 3 atom stereocenters. The molecule has 0 aliphatic carbocycles. The number of piperazine rings is 1. The van der Waals surface area contributed by atoms with E-state index in [1.807, 2.05) is 12.1 Å². The van der Waals surface area contributed by atoms with Crippen molar-refractivity contribution in [3.63, 3.8) is 0 Å². The summed E-state index contributed by atoms with van der Waals surface area (Å²) in [4.78, 5) is 40.5. The zero-order valence-corrected chi connectivity index (χ0v) is 14.5. The van der Waals surface area contributed by atoms with E-state index in [4.69, 9.17) is 0 Å². The number of rotatable bonds is 3. The monoisotopic (exact) mass is 354 g/mol. The van der Waals surface area contributed by atoms with Crippen molar-refractivity contribution in [1.82, 2.24) is 20.4 Å². The number of amides is 3. The third-order valence-electron chi connectivity index (χ3n) is 6.07. The summed E-state index contributed by atoms with van der Waals surface area (Å²) in [7, 11) is 0. The summed E-state index contributed by atoms with van der Waals surface area (Å²) in [6, 6.07) is 6.53. The Kier molecular flexibility index (Phi) is 3.62. The SMILES string of the molecule is O=C1CCC(N2Cc3c(CN4CC5CC(C4)N5)cccc3C2=O)C(=O)N1. The van der Waals surface area contributed by atoms with Crippen LogP contribution in [0, 0.1) is 0 Å². The van der Waals surface area contributed by atoms with E-state index >= 15 is 0 Å². The van der Waals surface area contributed by atoms with Crippen LogP contribution in [0.15, 0.2) is 18.2 Å². The third-order valence-corrected chi connectivity index (χ3v) is 6.07. The number of piperidine rings is 2. The average Bonchev–Trinajstić information content (AvgIpc) is 2.92. The molecule has 4 fully saturated rings. The molecule has 0 saturated carbocycles. The Labute approximate surface area is 151 Å². The number of benzene rings is 1. The molecule has 5 heterocycles. The summed E-state index contributed by atoms with van der Waals surface area (Å²) in [6.07, 6.45) is 1.96. The topological polar surface area (TPSA) is 81.8 Å². The molecule has 26 heavy (non-hydrogen) atoms. The van der Waals surface area contributed by atoms with Gasteiger partial charge in [0.15, 0.2) is 0 Å². The van der Waals surface area contributed by atoms with Crippen LogP contribution in [0.3, 0.4) is 0 Å². The fraction of sp³-hybridized carbons (Fsp3) is 0.526. The Bertz CT molecular complexity index is 792. The predicted molar refractivity (Wildman–Crippen MR) is 93.1 cm³/mol. The first kappa shape index (κ1) is 16.0. The number of fused-ring (bicyclic) bond motifs is 3. The molecule has 6 rings (SSSR count). The van der Waals surface area contributed by atoms with Gasteiger partial charge in [0.2, 0.25) is 11.8 Å². The molecule has 136 valence electrons. The van der Waals surface area contributed by atoms with Crippen molar-refractivity contribution in [2.24, 2.45) is 0 Å². The van der Waals surface area contributed by atoms with Crippen molar-refractivity contribution in [3.05, 3.63) is 34.9 Å². The molecule has 0 radical (unpaired) electrons. The third kappa shape index (κ3) is 2.54. The number of carbonyl (C=O) groups is 3. The van der Waals surface area contributed by atoms with Gasteiger partial charge in [-0.15, -0.1) is 0 Å². The second-order valence-electron chi connectivity index (χ2n) is 7.83. The number of hydrogen-bond acceptors (Lipinski definition) is 5. The minimum atomic E-state index is -0.549. The second kappa shape index (κ2) is 5.89. The molecule has 5 aliphatic heterocycles. The lowest BCUT2D eigenvalue weighted by atomic mass is 9.90. The molecular weight excluding hydrogens is 332 g/mol. The van der Waals surface area contributed by atoms with Crippen molar-refractivity contribution in [1.29, 1.82) is 0 Å². The second-order valence-corrected chi connectivity index (χ2v) is 7.83. The van der Waals surface area contributed by atoms with Crippen molar-refractivity contribution < 1.29 is 14.4 Å². The van der Waals surface area contributed by atoms with Crippen molar-refractivity contribution in [2.75, 3.05) is 13.1 Å². The summed E-state index contributed by atoms with van der Waals surface area (Å²) >= 11 is 0. The highest BCUT2D eigenvalue weighted by molar-refractivity contribution is 6.05. The van der Waals surface area contributed by atoms with Gasteiger partial charge in [-0.05, 0) is 30.0 Å². The van der Waals surface area contributed by atoms with Crippen LogP contribution >= 0.6 is 0 Å². The predicted octanol–water partition coefficient (Wildman–Crippen LogP) is -0.00630. The molecule has 0 spiro atoms. The normalized spacial score (nSPS) is 30.8. The molecule has 1 aromatic carbocycles. The summed E-state index contributed by atoms with van der Waals surface area (Å²) in [5, 5.41) is 5.89. The molecule has 3 unspecified atom stereocenters. The summed E-state index contributed by atoms with van der Waals surface area (Å²) in [5.41, 5.74) is 2.91. The lowest BCUT2D eigenvalue weighted by Crippen LogP contribution is -2.66. The highest BCUT2D eigenvalue weighted by atomic mass is 16.2. The van der Waals surface area contributed by atoms with Gasteiger partial charge in [-0.25, -0.2) is 0 Å². The van der Waals surface area contributed by atoms with Gasteiger partial charge in [0.25, 0.3) is 5.91 Å². The van der Waals surface area contributed by atoms with Gasteiger partial charge < -0.3 is 10.2 Å². The Morgan fingerprint density at radius 3 is 2.62 bits per heavy atom. The highest BCUT2D eigenvalue weighted by Crippen LogP contribution is 2.31. The first-order chi connectivity index (χ1) is 12.6. The van der Waals surface area contributed by atoms with E-state index in [2.05, 4.69) is 21.6 Å². The van der Waals surface area contributed by atoms with Gasteiger partial charge >= 0.3 is 0 Å². The minimum Gasteiger partial charge on any atom is -0.322 e. The van der Waals surface area contributed by atoms with Crippen LogP contribution in [0.2, 0.25) is 0 Å². The minimum absolute atomic E-state index is 0.0977. The van der Waals surface area contributed by atoms with Crippen LogP contribution in [0.1, 0.15) is 40.7 Å². The Balaban J connectivity index is 1.36. The summed E-state index contributed by atoms with van der Waals surface area (Å²) < 4.78 is 0. The first-order valence-electron chi connectivity index (χ1n) is 9.32. The van der Waals surface area contributed by atoms with Gasteiger partial charge in [0.1, 0.15) is 6.04 Å². The van der Waals surface area contributed by atoms with E-state index in [9.17, 15) is 14.4 Å².